The molecule has 0 fully saturated rings. The normalized spacial score (nSPS) is 11.8. The third kappa shape index (κ3) is 5.80. The van der Waals surface area contributed by atoms with Gasteiger partial charge in [-0.3, -0.25) is 4.90 Å². The highest BCUT2D eigenvalue weighted by atomic mass is 16.5. The van der Waals surface area contributed by atoms with E-state index in [0.29, 0.717) is 18.5 Å². The molecular formula is C20H28N4O. The van der Waals surface area contributed by atoms with Gasteiger partial charge in [0, 0.05) is 24.3 Å². The predicted molar refractivity (Wildman–Crippen MR) is 105 cm³/mol. The lowest BCUT2D eigenvalue weighted by Crippen LogP contribution is -2.26. The number of nitrogens with one attached hydrogen (secondary N) is 1. The van der Waals surface area contributed by atoms with Gasteiger partial charge in [0.25, 0.3) is 0 Å². The van der Waals surface area contributed by atoms with E-state index in [4.69, 9.17) is 10.5 Å². The number of anilines is 1. The van der Waals surface area contributed by atoms with Gasteiger partial charge in [-0.1, -0.05) is 30.3 Å². The summed E-state index contributed by atoms with van der Waals surface area (Å²) in [6, 6.07) is 16.5. The average molecular weight is 340 g/mol. The maximum atomic E-state index is 6.03. The van der Waals surface area contributed by atoms with Crippen LogP contribution in [-0.4, -0.2) is 31.1 Å². The van der Waals surface area contributed by atoms with Crippen molar-refractivity contribution < 1.29 is 4.74 Å². The molecule has 0 spiro atoms. The molecule has 0 aliphatic heterocycles. The van der Waals surface area contributed by atoms with Gasteiger partial charge in [-0.25, -0.2) is 4.99 Å². The number of benzene rings is 2. The van der Waals surface area contributed by atoms with Crippen LogP contribution in [0.1, 0.15) is 25.0 Å². The summed E-state index contributed by atoms with van der Waals surface area (Å²) in [5.41, 5.74) is 9.35. The van der Waals surface area contributed by atoms with Gasteiger partial charge < -0.3 is 15.8 Å². The van der Waals surface area contributed by atoms with Crippen molar-refractivity contribution in [1.29, 1.82) is 0 Å². The molecule has 0 heterocycles. The Kier molecular flexibility index (Phi) is 6.83. The molecule has 2 aromatic rings. The molecule has 0 radical (unpaired) electrons. The molecule has 25 heavy (non-hydrogen) atoms. The van der Waals surface area contributed by atoms with Gasteiger partial charge in [-0.15, -0.1) is 0 Å². The summed E-state index contributed by atoms with van der Waals surface area (Å²) in [6.45, 7) is 5.82. The second kappa shape index (κ2) is 9.08. The largest absolute Gasteiger partial charge is 0.497 e. The number of methoxy groups -OCH3 is 1. The quantitative estimate of drug-likeness (QED) is 0.598. The topological polar surface area (TPSA) is 62.9 Å². The summed E-state index contributed by atoms with van der Waals surface area (Å²) in [4.78, 5) is 6.79. The molecule has 3 N–H and O–H groups in total. The van der Waals surface area contributed by atoms with Crippen molar-refractivity contribution in [3.05, 3.63) is 59.7 Å². The lowest BCUT2D eigenvalue weighted by Gasteiger charge is -2.22. The molecule has 2 aromatic carbocycles. The first-order valence-electron chi connectivity index (χ1n) is 8.47. The molecule has 0 amide bonds. The van der Waals surface area contributed by atoms with Gasteiger partial charge >= 0.3 is 0 Å². The van der Waals surface area contributed by atoms with Crippen LogP contribution >= 0.6 is 0 Å². The molecule has 0 atom stereocenters. The Labute approximate surface area is 150 Å². The smallest absolute Gasteiger partial charge is 0.193 e. The molecule has 0 aliphatic rings. The number of aliphatic imine (C=N–C) groups is 1. The Morgan fingerprint density at radius 1 is 1.16 bits per heavy atom. The van der Waals surface area contributed by atoms with E-state index < -0.39 is 0 Å². The fraction of sp³-hybridized carbons (Fsp3) is 0.350. The molecule has 5 nitrogen and oxygen atoms in total. The molecule has 0 saturated carbocycles. The molecule has 0 aliphatic carbocycles. The van der Waals surface area contributed by atoms with E-state index >= 15 is 0 Å². The third-order valence-corrected chi connectivity index (χ3v) is 4.18. The number of rotatable bonds is 7. The van der Waals surface area contributed by atoms with Crippen LogP contribution in [0.4, 0.5) is 5.69 Å². The summed E-state index contributed by atoms with van der Waals surface area (Å²) in [7, 11) is 3.77. The minimum absolute atomic E-state index is 0.389. The number of hydrogen-bond donors (Lipinski definition) is 2. The lowest BCUT2D eigenvalue weighted by atomic mass is 10.1. The minimum Gasteiger partial charge on any atom is -0.497 e. The molecule has 0 unspecified atom stereocenters. The number of nitrogens with zero attached hydrogens (tertiary/aromatic N) is 2. The van der Waals surface area contributed by atoms with E-state index in [-0.39, 0.29) is 0 Å². The molecule has 0 bridgehead atoms. The summed E-state index contributed by atoms with van der Waals surface area (Å²) in [6.07, 6.45) is 0. The second-order valence-corrected chi connectivity index (χ2v) is 6.34. The van der Waals surface area contributed by atoms with Crippen molar-refractivity contribution in [2.24, 2.45) is 10.7 Å². The number of nitrogens with two attached hydrogens (primary N) is 1. The average Bonchev–Trinajstić information content (AvgIpc) is 2.61. The van der Waals surface area contributed by atoms with E-state index in [2.05, 4.69) is 54.3 Å². The minimum atomic E-state index is 0.389. The first kappa shape index (κ1) is 18.8. The maximum Gasteiger partial charge on any atom is 0.193 e. The first-order valence-corrected chi connectivity index (χ1v) is 8.47. The molecule has 134 valence electrons. The fourth-order valence-corrected chi connectivity index (χ4v) is 2.38. The highest BCUT2D eigenvalue weighted by molar-refractivity contribution is 5.92. The van der Waals surface area contributed by atoms with Crippen molar-refractivity contribution >= 4 is 11.6 Å². The monoisotopic (exact) mass is 340 g/mol. The number of ether oxygens (including phenoxy) is 1. The number of guanidine groups is 1. The van der Waals surface area contributed by atoms with Crippen LogP contribution in [0.25, 0.3) is 0 Å². The summed E-state index contributed by atoms with van der Waals surface area (Å²) in [5, 5.41) is 3.10. The zero-order chi connectivity index (χ0) is 18.2. The van der Waals surface area contributed by atoms with Crippen LogP contribution in [0.3, 0.4) is 0 Å². The highest BCUT2D eigenvalue weighted by Crippen LogP contribution is 2.17. The van der Waals surface area contributed by atoms with Crippen molar-refractivity contribution in [1.82, 2.24) is 4.90 Å². The Morgan fingerprint density at radius 3 is 2.56 bits per heavy atom. The van der Waals surface area contributed by atoms with Crippen LogP contribution < -0.4 is 15.8 Å². The van der Waals surface area contributed by atoms with Gasteiger partial charge in [0.2, 0.25) is 0 Å². The van der Waals surface area contributed by atoms with Crippen molar-refractivity contribution in [3.63, 3.8) is 0 Å². The van der Waals surface area contributed by atoms with Crippen molar-refractivity contribution in [2.75, 3.05) is 19.5 Å². The van der Waals surface area contributed by atoms with Gasteiger partial charge in [-0.2, -0.15) is 0 Å². The second-order valence-electron chi connectivity index (χ2n) is 6.34. The van der Waals surface area contributed by atoms with E-state index in [1.165, 1.54) is 11.1 Å². The Morgan fingerprint density at radius 2 is 1.88 bits per heavy atom. The highest BCUT2D eigenvalue weighted by Gasteiger charge is 2.08. The third-order valence-electron chi connectivity index (χ3n) is 4.18. The van der Waals surface area contributed by atoms with Gasteiger partial charge in [0.05, 0.1) is 13.7 Å². The summed E-state index contributed by atoms with van der Waals surface area (Å²) >= 11 is 0. The van der Waals surface area contributed by atoms with Gasteiger partial charge in [-0.05, 0) is 44.2 Å². The maximum absolute atomic E-state index is 6.03. The van der Waals surface area contributed by atoms with Crippen LogP contribution in [0.15, 0.2) is 53.5 Å². The zero-order valence-corrected chi connectivity index (χ0v) is 15.5. The standard InChI is InChI=1S/C20H28N4O/c1-15(2)24(3)14-17-9-6-5-8-16(17)13-22-20(21)23-18-10-7-11-19(12-18)25-4/h5-12,15H,13-14H2,1-4H3,(H3,21,22,23). The van der Waals surface area contributed by atoms with Gasteiger partial charge in [0.1, 0.15) is 5.75 Å². The fourth-order valence-electron chi connectivity index (χ4n) is 2.38. The predicted octanol–water partition coefficient (Wildman–Crippen LogP) is 3.46. The zero-order valence-electron chi connectivity index (χ0n) is 15.5. The van der Waals surface area contributed by atoms with Crippen LogP contribution in [0.5, 0.6) is 5.75 Å². The van der Waals surface area contributed by atoms with Crippen molar-refractivity contribution in [3.8, 4) is 5.75 Å². The molecule has 5 heteroatoms. The van der Waals surface area contributed by atoms with E-state index in [9.17, 15) is 0 Å². The summed E-state index contributed by atoms with van der Waals surface area (Å²) < 4.78 is 5.21. The lowest BCUT2D eigenvalue weighted by molar-refractivity contribution is 0.265. The number of hydrogen-bond acceptors (Lipinski definition) is 3. The molecular weight excluding hydrogens is 312 g/mol. The van der Waals surface area contributed by atoms with Crippen LogP contribution in [0.2, 0.25) is 0 Å². The molecule has 0 saturated heterocycles. The van der Waals surface area contributed by atoms with Crippen molar-refractivity contribution in [2.45, 2.75) is 33.0 Å². The van der Waals surface area contributed by atoms with E-state index in [0.717, 1.165) is 18.0 Å². The van der Waals surface area contributed by atoms with Crippen LogP contribution in [0, 0.1) is 0 Å². The van der Waals surface area contributed by atoms with Gasteiger partial charge in [0.15, 0.2) is 5.96 Å². The Bertz CT molecular complexity index is 712. The first-order chi connectivity index (χ1) is 12.0. The van der Waals surface area contributed by atoms with E-state index in [1.807, 2.05) is 30.3 Å². The van der Waals surface area contributed by atoms with E-state index in [1.54, 1.807) is 7.11 Å². The van der Waals surface area contributed by atoms with Crippen LogP contribution in [-0.2, 0) is 13.1 Å². The summed E-state index contributed by atoms with van der Waals surface area (Å²) in [5.74, 6) is 1.17. The molecule has 2 rings (SSSR count). The molecule has 0 aromatic heterocycles. The Hall–Kier alpha value is -2.53. The Balaban J connectivity index is 2.05. The SMILES string of the molecule is COc1cccc(NC(N)=NCc2ccccc2CN(C)C(C)C)c1.